The molecule has 1 aliphatic carbocycles. The Labute approximate surface area is 128 Å². The van der Waals surface area contributed by atoms with Crippen LogP contribution in [0.25, 0.3) is 0 Å². The molecule has 5 nitrogen and oxygen atoms in total. The van der Waals surface area contributed by atoms with Crippen molar-refractivity contribution in [3.05, 3.63) is 0 Å². The summed E-state index contributed by atoms with van der Waals surface area (Å²) in [5.41, 5.74) is -0.268. The highest BCUT2D eigenvalue weighted by Crippen LogP contribution is 2.49. The number of carbonyl (C=O) groups is 1. The van der Waals surface area contributed by atoms with Crippen molar-refractivity contribution in [3.8, 4) is 0 Å². The van der Waals surface area contributed by atoms with Crippen molar-refractivity contribution in [2.75, 3.05) is 12.8 Å². The van der Waals surface area contributed by atoms with E-state index in [-0.39, 0.29) is 11.7 Å². The Balaban J connectivity index is 2.31. The summed E-state index contributed by atoms with van der Waals surface area (Å²) in [6.07, 6.45) is 6.40. The molecule has 124 valence electrons. The first-order chi connectivity index (χ1) is 9.99. The fraction of sp³-hybridized carbons (Fsp3) is 0.933. The van der Waals surface area contributed by atoms with E-state index in [0.29, 0.717) is 25.6 Å². The van der Waals surface area contributed by atoms with Gasteiger partial charge in [-0.15, -0.1) is 0 Å². The van der Waals surface area contributed by atoms with Gasteiger partial charge in [-0.3, -0.25) is 0 Å². The van der Waals surface area contributed by atoms with E-state index in [9.17, 15) is 14.3 Å². The number of carbonyl (C=O) groups excluding carboxylic acids is 1. The number of alkyl carbamates (subject to hydrolysis) is 1. The third-order valence-corrected chi connectivity index (χ3v) is 6.61. The molecule has 1 N–H and O–H groups in total. The molecular formula is C15H29NO4P-. The van der Waals surface area contributed by atoms with Crippen molar-refractivity contribution < 1.29 is 19.0 Å². The quantitative estimate of drug-likeness (QED) is 0.523. The molecule has 3 unspecified atom stereocenters. The second-order valence-corrected chi connectivity index (χ2v) is 8.58. The Morgan fingerprint density at radius 3 is 2.62 bits per heavy atom. The van der Waals surface area contributed by atoms with Crippen LogP contribution >= 0.6 is 7.37 Å². The van der Waals surface area contributed by atoms with Crippen LogP contribution in [0.4, 0.5) is 4.79 Å². The minimum Gasteiger partial charge on any atom is -0.799 e. The molecule has 21 heavy (non-hydrogen) atoms. The average Bonchev–Trinajstić information content (AvgIpc) is 2.88. The van der Waals surface area contributed by atoms with Gasteiger partial charge in [-0.25, -0.2) is 4.79 Å². The number of hydrogen-bond acceptors (Lipinski definition) is 4. The maximum absolute atomic E-state index is 12.2. The van der Waals surface area contributed by atoms with Crippen molar-refractivity contribution in [2.45, 2.75) is 76.9 Å². The topological polar surface area (TPSA) is 78.5 Å². The minimum atomic E-state index is -3.32. The zero-order valence-corrected chi connectivity index (χ0v) is 14.2. The van der Waals surface area contributed by atoms with Crippen molar-refractivity contribution in [1.82, 2.24) is 5.32 Å². The zero-order valence-electron chi connectivity index (χ0n) is 13.3. The molecular weight excluding hydrogens is 289 g/mol. The predicted molar refractivity (Wildman–Crippen MR) is 82.8 cm³/mol. The molecule has 3 atom stereocenters. The number of nitrogens with one attached hydrogen (secondary N) is 1. The monoisotopic (exact) mass is 318 g/mol. The smallest absolute Gasteiger partial charge is 0.407 e. The number of rotatable bonds is 9. The highest BCUT2D eigenvalue weighted by atomic mass is 31.2. The van der Waals surface area contributed by atoms with E-state index in [4.69, 9.17) is 4.74 Å². The second-order valence-electron chi connectivity index (χ2n) is 5.95. The average molecular weight is 318 g/mol. The maximum atomic E-state index is 12.2. The lowest BCUT2D eigenvalue weighted by molar-refractivity contribution is -0.177. The molecule has 0 radical (unpaired) electrons. The fourth-order valence-corrected chi connectivity index (χ4v) is 4.88. The summed E-state index contributed by atoms with van der Waals surface area (Å²) in [6, 6.07) is -0.0578. The van der Waals surface area contributed by atoms with Crippen LogP contribution in [0.5, 0.6) is 0 Å². The lowest BCUT2D eigenvalue weighted by atomic mass is 10.3. The van der Waals surface area contributed by atoms with Crippen LogP contribution in [0.2, 0.25) is 0 Å². The maximum Gasteiger partial charge on any atom is 0.407 e. The van der Waals surface area contributed by atoms with Crippen LogP contribution in [-0.2, 0) is 9.30 Å². The Hall–Kier alpha value is -0.540. The van der Waals surface area contributed by atoms with Crippen LogP contribution in [0, 0.1) is 0 Å². The molecule has 0 aromatic heterocycles. The van der Waals surface area contributed by atoms with Gasteiger partial charge in [-0.1, -0.05) is 33.1 Å². The lowest BCUT2D eigenvalue weighted by Crippen LogP contribution is -2.34. The largest absolute Gasteiger partial charge is 0.799 e. The molecule has 1 fully saturated rings. The van der Waals surface area contributed by atoms with E-state index < -0.39 is 13.5 Å². The molecule has 0 aliphatic heterocycles. The second kappa shape index (κ2) is 9.47. The summed E-state index contributed by atoms with van der Waals surface area (Å²) in [7, 11) is -3.32. The summed E-state index contributed by atoms with van der Waals surface area (Å²) in [4.78, 5) is 23.8. The zero-order chi connectivity index (χ0) is 15.7. The minimum absolute atomic E-state index is 0.0578. The number of amides is 1. The van der Waals surface area contributed by atoms with Gasteiger partial charge in [0.25, 0.3) is 0 Å². The molecule has 0 bridgehead atoms. The number of unbranched alkanes of at least 4 members (excludes halogenated alkanes) is 3. The highest BCUT2D eigenvalue weighted by molar-refractivity contribution is 7.57. The first-order valence-electron chi connectivity index (χ1n) is 8.22. The molecule has 0 saturated heterocycles. The van der Waals surface area contributed by atoms with Gasteiger partial charge >= 0.3 is 6.09 Å². The van der Waals surface area contributed by atoms with Crippen molar-refractivity contribution in [3.63, 3.8) is 0 Å². The fourth-order valence-electron chi connectivity index (χ4n) is 2.73. The van der Waals surface area contributed by atoms with Gasteiger partial charge in [-0.05, 0) is 38.3 Å². The standard InChI is InChI=1S/C15H30NO4P/c1-3-5-7-11-21(18,19)14-9-8-13(12-14)16-15(17)20-10-6-4-2/h13-14H,3-12H2,1-2H3,(H,16,17)(H,18,19)/p-1. The van der Waals surface area contributed by atoms with Crippen LogP contribution in [-0.4, -0.2) is 30.6 Å². The van der Waals surface area contributed by atoms with Crippen molar-refractivity contribution >= 4 is 13.5 Å². The highest BCUT2D eigenvalue weighted by Gasteiger charge is 2.32. The van der Waals surface area contributed by atoms with E-state index in [1.807, 2.05) is 6.92 Å². The number of hydrogen-bond donors (Lipinski definition) is 1. The molecule has 1 amide bonds. The van der Waals surface area contributed by atoms with Crippen LogP contribution in [0.1, 0.15) is 65.2 Å². The van der Waals surface area contributed by atoms with E-state index in [1.165, 1.54) is 0 Å². The molecule has 0 aromatic rings. The van der Waals surface area contributed by atoms with Gasteiger partial charge in [0.1, 0.15) is 0 Å². The Kier molecular flexibility index (Phi) is 8.35. The Morgan fingerprint density at radius 1 is 1.24 bits per heavy atom. The lowest BCUT2D eigenvalue weighted by Gasteiger charge is -2.30. The van der Waals surface area contributed by atoms with Gasteiger partial charge in [0.15, 0.2) is 0 Å². The predicted octanol–water partition coefficient (Wildman–Crippen LogP) is 3.26. The first kappa shape index (κ1) is 18.5. The molecule has 1 saturated carbocycles. The van der Waals surface area contributed by atoms with Gasteiger partial charge in [0.05, 0.1) is 6.61 Å². The summed E-state index contributed by atoms with van der Waals surface area (Å²) in [5, 5.41) is 2.79. The van der Waals surface area contributed by atoms with Crippen LogP contribution in [0.3, 0.4) is 0 Å². The van der Waals surface area contributed by atoms with Crippen molar-refractivity contribution in [2.24, 2.45) is 0 Å². The number of ether oxygens (including phenoxy) is 1. The SMILES string of the molecule is CCCCCP(=O)([O-])C1CCC(NC(=O)OCCCC)C1. The van der Waals surface area contributed by atoms with Gasteiger partial charge < -0.3 is 19.5 Å². The molecule has 0 aromatic carbocycles. The first-order valence-corrected chi connectivity index (χ1v) is 10.1. The van der Waals surface area contributed by atoms with Gasteiger partial charge in [-0.2, -0.15) is 0 Å². The van der Waals surface area contributed by atoms with Gasteiger partial charge in [0, 0.05) is 19.1 Å². The Morgan fingerprint density at radius 2 is 1.95 bits per heavy atom. The summed E-state index contributed by atoms with van der Waals surface area (Å²) in [6.45, 7) is 4.53. The van der Waals surface area contributed by atoms with E-state index in [0.717, 1.165) is 38.5 Å². The molecule has 1 aliphatic rings. The van der Waals surface area contributed by atoms with Crippen LogP contribution < -0.4 is 10.2 Å². The third-order valence-electron chi connectivity index (χ3n) is 4.09. The van der Waals surface area contributed by atoms with Crippen LogP contribution in [0.15, 0.2) is 0 Å². The molecule has 0 spiro atoms. The Bertz CT molecular complexity index is 362. The molecule has 6 heteroatoms. The summed E-state index contributed by atoms with van der Waals surface area (Å²) < 4.78 is 17.3. The van der Waals surface area contributed by atoms with Gasteiger partial charge in [0.2, 0.25) is 0 Å². The van der Waals surface area contributed by atoms with E-state index in [1.54, 1.807) is 0 Å². The third kappa shape index (κ3) is 6.84. The normalized spacial score (nSPS) is 24.5. The van der Waals surface area contributed by atoms with E-state index >= 15 is 0 Å². The molecule has 0 heterocycles. The summed E-state index contributed by atoms with van der Waals surface area (Å²) in [5.74, 6) is 0. The summed E-state index contributed by atoms with van der Waals surface area (Å²) >= 11 is 0. The van der Waals surface area contributed by atoms with E-state index in [2.05, 4.69) is 12.2 Å². The van der Waals surface area contributed by atoms with Crippen molar-refractivity contribution in [1.29, 1.82) is 0 Å². The molecule has 1 rings (SSSR count).